The van der Waals surface area contributed by atoms with Gasteiger partial charge in [-0.05, 0) is 48.9 Å². The Morgan fingerprint density at radius 3 is 2.56 bits per heavy atom. The fourth-order valence-electron chi connectivity index (χ4n) is 3.79. The van der Waals surface area contributed by atoms with Crippen molar-refractivity contribution in [2.45, 2.75) is 19.4 Å². The Morgan fingerprint density at radius 1 is 1.07 bits per heavy atom. The van der Waals surface area contributed by atoms with Gasteiger partial charge >= 0.3 is 0 Å². The van der Waals surface area contributed by atoms with Crippen molar-refractivity contribution < 1.29 is 13.9 Å². The lowest BCUT2D eigenvalue weighted by atomic mass is 10.0. The lowest BCUT2D eigenvalue weighted by Crippen LogP contribution is -2.16. The van der Waals surface area contributed by atoms with Crippen molar-refractivity contribution in [3.63, 3.8) is 0 Å². The molecule has 1 aromatic heterocycles. The molecule has 0 N–H and O–H groups in total. The van der Waals surface area contributed by atoms with Crippen molar-refractivity contribution in [2.24, 2.45) is 4.99 Å². The zero-order valence-electron chi connectivity index (χ0n) is 15.0. The monoisotopic (exact) mass is 362 g/mol. The topological polar surface area (TPSA) is 35.8 Å². The zero-order chi connectivity index (χ0) is 18.4. The highest BCUT2D eigenvalue weighted by atomic mass is 19.1. The van der Waals surface area contributed by atoms with Gasteiger partial charge in [0.15, 0.2) is 11.5 Å². The average Bonchev–Trinajstić information content (AvgIpc) is 3.14. The minimum Gasteiger partial charge on any atom is -0.486 e. The van der Waals surface area contributed by atoms with Crippen LogP contribution in [0.5, 0.6) is 11.5 Å². The molecule has 2 aliphatic heterocycles. The molecular weight excluding hydrogens is 343 g/mol. The number of fused-ring (bicyclic) bond motifs is 4. The van der Waals surface area contributed by atoms with Crippen molar-refractivity contribution in [1.29, 1.82) is 0 Å². The predicted molar refractivity (Wildman–Crippen MR) is 102 cm³/mol. The van der Waals surface area contributed by atoms with Gasteiger partial charge in [-0.2, -0.15) is 0 Å². The van der Waals surface area contributed by atoms with Crippen LogP contribution in [0, 0.1) is 5.82 Å². The minimum absolute atomic E-state index is 0.0178. The van der Waals surface area contributed by atoms with Gasteiger partial charge in [0.1, 0.15) is 19.0 Å². The molecule has 136 valence electrons. The van der Waals surface area contributed by atoms with Gasteiger partial charge in [-0.15, -0.1) is 0 Å². The van der Waals surface area contributed by atoms with Crippen molar-refractivity contribution in [2.75, 3.05) is 13.2 Å². The second-order valence-corrected chi connectivity index (χ2v) is 6.73. The maximum Gasteiger partial charge on any atom is 0.163 e. The molecule has 27 heavy (non-hydrogen) atoms. The van der Waals surface area contributed by atoms with E-state index in [-0.39, 0.29) is 11.9 Å². The molecule has 0 saturated carbocycles. The van der Waals surface area contributed by atoms with Gasteiger partial charge < -0.3 is 14.0 Å². The van der Waals surface area contributed by atoms with Gasteiger partial charge in [-0.3, -0.25) is 4.99 Å². The van der Waals surface area contributed by atoms with Gasteiger partial charge in [0.05, 0.1) is 23.1 Å². The maximum atomic E-state index is 13.4. The number of aromatic nitrogens is 1. The molecule has 1 unspecified atom stereocenters. The number of hydrogen-bond acceptors (Lipinski definition) is 3. The van der Waals surface area contributed by atoms with E-state index in [1.54, 1.807) is 12.1 Å². The summed E-state index contributed by atoms with van der Waals surface area (Å²) in [5.74, 6) is 1.29. The maximum absolute atomic E-state index is 13.4. The van der Waals surface area contributed by atoms with E-state index in [9.17, 15) is 4.39 Å². The first-order valence-electron chi connectivity index (χ1n) is 9.20. The van der Waals surface area contributed by atoms with Crippen LogP contribution in [0.25, 0.3) is 5.69 Å². The van der Waals surface area contributed by atoms with E-state index in [0.717, 1.165) is 46.1 Å². The number of benzene rings is 2. The van der Waals surface area contributed by atoms with Crippen molar-refractivity contribution in [3.8, 4) is 17.2 Å². The van der Waals surface area contributed by atoms with Crippen molar-refractivity contribution in [1.82, 2.24) is 4.57 Å². The summed E-state index contributed by atoms with van der Waals surface area (Å²) in [6, 6.07) is 14.6. The number of rotatable bonds is 2. The summed E-state index contributed by atoms with van der Waals surface area (Å²) in [6.45, 7) is 3.23. The van der Waals surface area contributed by atoms with Crippen LogP contribution in [0.1, 0.15) is 36.2 Å². The standard InChI is InChI=1S/C22H19FN2O2/c1-2-17-16-12-20-21(27-11-10-26-20)13-19(16)25-9-3-4-18(25)22(24-17)14-5-7-15(23)8-6-14/h3-9,12-13,17H,2,10-11H2,1H3. The third kappa shape index (κ3) is 2.62. The number of aliphatic imine (C=N–C) groups is 1. The quantitative estimate of drug-likeness (QED) is 0.663. The van der Waals surface area contributed by atoms with Gasteiger partial charge in [-0.25, -0.2) is 4.39 Å². The van der Waals surface area contributed by atoms with Crippen LogP contribution in [-0.4, -0.2) is 23.5 Å². The molecule has 3 aromatic rings. The Bertz CT molecular complexity index is 1040. The lowest BCUT2D eigenvalue weighted by molar-refractivity contribution is 0.171. The van der Waals surface area contributed by atoms with E-state index in [0.29, 0.717) is 13.2 Å². The predicted octanol–water partition coefficient (Wildman–Crippen LogP) is 4.69. The molecule has 5 rings (SSSR count). The van der Waals surface area contributed by atoms with E-state index >= 15 is 0 Å². The Kier molecular flexibility index (Phi) is 3.74. The van der Waals surface area contributed by atoms with Crippen LogP contribution in [0.3, 0.4) is 0 Å². The molecule has 2 aliphatic rings. The van der Waals surface area contributed by atoms with Crippen LogP contribution in [0.2, 0.25) is 0 Å². The molecule has 0 radical (unpaired) electrons. The molecule has 5 heteroatoms. The summed E-state index contributed by atoms with van der Waals surface area (Å²) in [4.78, 5) is 5.07. The summed E-state index contributed by atoms with van der Waals surface area (Å²) in [7, 11) is 0. The van der Waals surface area contributed by atoms with Crippen LogP contribution in [0.4, 0.5) is 4.39 Å². The number of ether oxygens (including phenoxy) is 2. The summed E-state index contributed by atoms with van der Waals surface area (Å²) in [5.41, 5.74) is 4.90. The van der Waals surface area contributed by atoms with E-state index in [2.05, 4.69) is 17.6 Å². The first-order chi connectivity index (χ1) is 13.2. The largest absolute Gasteiger partial charge is 0.486 e. The fraction of sp³-hybridized carbons (Fsp3) is 0.227. The molecular formula is C22H19FN2O2. The summed E-state index contributed by atoms with van der Waals surface area (Å²) < 4.78 is 27.1. The molecule has 0 saturated heterocycles. The van der Waals surface area contributed by atoms with Crippen molar-refractivity contribution >= 4 is 5.71 Å². The summed E-state index contributed by atoms with van der Waals surface area (Å²) in [6.07, 6.45) is 2.88. The molecule has 0 spiro atoms. The van der Waals surface area contributed by atoms with Gasteiger partial charge in [-0.1, -0.05) is 6.92 Å². The SMILES string of the molecule is CCC1N=C(c2ccc(F)cc2)c2cccn2-c2cc3c(cc21)OCCO3. The van der Waals surface area contributed by atoms with E-state index in [4.69, 9.17) is 14.5 Å². The first kappa shape index (κ1) is 16.1. The highest BCUT2D eigenvalue weighted by Gasteiger charge is 2.26. The second-order valence-electron chi connectivity index (χ2n) is 6.73. The van der Waals surface area contributed by atoms with E-state index in [1.165, 1.54) is 12.1 Å². The molecule has 0 fully saturated rings. The Hall–Kier alpha value is -3.08. The average molecular weight is 362 g/mol. The Balaban J connectivity index is 1.74. The highest BCUT2D eigenvalue weighted by molar-refractivity contribution is 6.12. The smallest absolute Gasteiger partial charge is 0.163 e. The normalized spacial score (nSPS) is 17.6. The summed E-state index contributed by atoms with van der Waals surface area (Å²) in [5, 5.41) is 0. The summed E-state index contributed by atoms with van der Waals surface area (Å²) >= 11 is 0. The number of nitrogens with zero attached hydrogens (tertiary/aromatic N) is 2. The van der Waals surface area contributed by atoms with Crippen LogP contribution in [0.15, 0.2) is 59.7 Å². The van der Waals surface area contributed by atoms with E-state index < -0.39 is 0 Å². The van der Waals surface area contributed by atoms with Gasteiger partial charge in [0.2, 0.25) is 0 Å². The number of hydrogen-bond donors (Lipinski definition) is 0. The zero-order valence-corrected chi connectivity index (χ0v) is 15.0. The van der Waals surface area contributed by atoms with E-state index in [1.807, 2.05) is 24.4 Å². The first-order valence-corrected chi connectivity index (χ1v) is 9.20. The van der Waals surface area contributed by atoms with Crippen LogP contribution < -0.4 is 9.47 Å². The lowest BCUT2D eigenvalue weighted by Gasteiger charge is -2.22. The van der Waals surface area contributed by atoms with Gasteiger partial charge in [0, 0.05) is 23.4 Å². The Labute approximate surface area is 156 Å². The Morgan fingerprint density at radius 2 is 1.81 bits per heavy atom. The van der Waals surface area contributed by atoms with Gasteiger partial charge in [0.25, 0.3) is 0 Å². The third-order valence-corrected chi connectivity index (χ3v) is 5.09. The second kappa shape index (κ2) is 6.27. The molecule has 3 heterocycles. The third-order valence-electron chi connectivity index (χ3n) is 5.09. The number of halogens is 1. The van der Waals surface area contributed by atoms with Crippen molar-refractivity contribution in [3.05, 3.63) is 77.4 Å². The molecule has 1 atom stereocenters. The van der Waals surface area contributed by atoms with Crippen LogP contribution in [-0.2, 0) is 0 Å². The minimum atomic E-state index is -0.249. The molecule has 0 bridgehead atoms. The molecule has 2 aromatic carbocycles. The molecule has 0 aliphatic carbocycles. The highest BCUT2D eigenvalue weighted by Crippen LogP contribution is 2.41. The molecule has 4 nitrogen and oxygen atoms in total. The molecule has 0 amide bonds. The fourth-order valence-corrected chi connectivity index (χ4v) is 3.79. The van der Waals surface area contributed by atoms with Crippen LogP contribution >= 0.6 is 0 Å².